The standard InChI is InChI=1S/C12H10FNO2/c13-10-6-5-8-3-1-2-4-9(8)12(10)14-7-11(15)16/h1-6,14H,7H2,(H,15,16). The Balaban J connectivity index is 2.48. The van der Waals surface area contributed by atoms with E-state index in [9.17, 15) is 9.18 Å². The molecule has 0 saturated heterocycles. The first-order valence-corrected chi connectivity index (χ1v) is 4.81. The van der Waals surface area contributed by atoms with Gasteiger partial charge in [-0.2, -0.15) is 0 Å². The smallest absolute Gasteiger partial charge is 0.322 e. The minimum Gasteiger partial charge on any atom is -0.480 e. The van der Waals surface area contributed by atoms with E-state index in [1.165, 1.54) is 6.07 Å². The highest BCUT2D eigenvalue weighted by molar-refractivity contribution is 5.95. The molecule has 16 heavy (non-hydrogen) atoms. The minimum atomic E-state index is -1.02. The van der Waals surface area contributed by atoms with Crippen molar-refractivity contribution in [3.8, 4) is 0 Å². The topological polar surface area (TPSA) is 49.3 Å². The molecule has 3 nitrogen and oxygen atoms in total. The number of carboxylic acids is 1. The van der Waals surface area contributed by atoms with Crippen molar-refractivity contribution in [3.05, 3.63) is 42.2 Å². The third-order valence-corrected chi connectivity index (χ3v) is 2.29. The maximum absolute atomic E-state index is 13.5. The van der Waals surface area contributed by atoms with Gasteiger partial charge in [0.25, 0.3) is 0 Å². The zero-order valence-electron chi connectivity index (χ0n) is 8.40. The van der Waals surface area contributed by atoms with Gasteiger partial charge in [0.05, 0.1) is 5.69 Å². The molecule has 0 aromatic heterocycles. The van der Waals surface area contributed by atoms with Gasteiger partial charge in [0.15, 0.2) is 0 Å². The van der Waals surface area contributed by atoms with Gasteiger partial charge in [-0.05, 0) is 11.5 Å². The van der Waals surface area contributed by atoms with Gasteiger partial charge in [-0.3, -0.25) is 4.79 Å². The molecule has 2 aromatic carbocycles. The quantitative estimate of drug-likeness (QED) is 0.833. The largest absolute Gasteiger partial charge is 0.480 e. The molecule has 2 N–H and O–H groups in total. The molecule has 0 aliphatic heterocycles. The highest BCUT2D eigenvalue weighted by atomic mass is 19.1. The van der Waals surface area contributed by atoms with Gasteiger partial charge in [0.2, 0.25) is 0 Å². The molecule has 0 fully saturated rings. The molecule has 0 amide bonds. The summed E-state index contributed by atoms with van der Waals surface area (Å²) >= 11 is 0. The predicted molar refractivity (Wildman–Crippen MR) is 60.0 cm³/mol. The summed E-state index contributed by atoms with van der Waals surface area (Å²) in [4.78, 5) is 10.4. The van der Waals surface area contributed by atoms with Crippen molar-refractivity contribution >= 4 is 22.4 Å². The van der Waals surface area contributed by atoms with E-state index >= 15 is 0 Å². The van der Waals surface area contributed by atoms with Crippen LogP contribution >= 0.6 is 0 Å². The zero-order valence-corrected chi connectivity index (χ0v) is 8.40. The fourth-order valence-corrected chi connectivity index (χ4v) is 1.59. The van der Waals surface area contributed by atoms with Gasteiger partial charge in [-0.25, -0.2) is 4.39 Å². The summed E-state index contributed by atoms with van der Waals surface area (Å²) in [5, 5.41) is 12.7. The summed E-state index contributed by atoms with van der Waals surface area (Å²) < 4.78 is 13.5. The van der Waals surface area contributed by atoms with Crippen molar-refractivity contribution in [2.45, 2.75) is 0 Å². The van der Waals surface area contributed by atoms with Crippen molar-refractivity contribution in [1.29, 1.82) is 0 Å². The lowest BCUT2D eigenvalue weighted by atomic mass is 10.1. The number of halogens is 1. The number of hydrogen-bond acceptors (Lipinski definition) is 2. The second-order valence-corrected chi connectivity index (χ2v) is 3.39. The molecule has 0 heterocycles. The lowest BCUT2D eigenvalue weighted by molar-refractivity contribution is -0.134. The Bertz CT molecular complexity index is 540. The molecule has 0 aliphatic carbocycles. The number of nitrogens with one attached hydrogen (secondary N) is 1. The lowest BCUT2D eigenvalue weighted by Crippen LogP contribution is -2.13. The Morgan fingerprint density at radius 1 is 1.25 bits per heavy atom. The number of hydrogen-bond donors (Lipinski definition) is 2. The molecule has 0 atom stereocenters. The van der Waals surface area contributed by atoms with Gasteiger partial charge in [-0.1, -0.05) is 30.3 Å². The summed E-state index contributed by atoms with van der Waals surface area (Å²) in [6, 6.07) is 10.2. The molecule has 4 heteroatoms. The Morgan fingerprint density at radius 3 is 2.75 bits per heavy atom. The number of carbonyl (C=O) groups is 1. The summed E-state index contributed by atoms with van der Waals surface area (Å²) in [7, 11) is 0. The van der Waals surface area contributed by atoms with Crippen LogP contribution in [0.25, 0.3) is 10.8 Å². The summed E-state index contributed by atoms with van der Waals surface area (Å²) in [6.07, 6.45) is 0. The summed E-state index contributed by atoms with van der Waals surface area (Å²) in [5.41, 5.74) is 0.237. The second kappa shape index (κ2) is 4.18. The van der Waals surface area contributed by atoms with E-state index in [0.29, 0.717) is 5.39 Å². The summed E-state index contributed by atoms with van der Waals surface area (Å²) in [6.45, 7) is -0.301. The lowest BCUT2D eigenvalue weighted by Gasteiger charge is -2.08. The van der Waals surface area contributed by atoms with E-state index in [1.54, 1.807) is 18.2 Å². The van der Waals surface area contributed by atoms with E-state index in [-0.39, 0.29) is 12.2 Å². The van der Waals surface area contributed by atoms with Crippen molar-refractivity contribution in [2.24, 2.45) is 0 Å². The molecule has 2 rings (SSSR count). The molecular formula is C12H10FNO2. The van der Waals surface area contributed by atoms with Gasteiger partial charge in [0, 0.05) is 5.39 Å². The molecule has 0 saturated carbocycles. The van der Waals surface area contributed by atoms with Crippen LogP contribution in [-0.2, 0) is 4.79 Å². The number of rotatable bonds is 3. The van der Waals surface area contributed by atoms with Crippen LogP contribution < -0.4 is 5.32 Å². The fraction of sp³-hybridized carbons (Fsp3) is 0.0833. The third kappa shape index (κ3) is 1.95. The third-order valence-electron chi connectivity index (χ3n) is 2.29. The van der Waals surface area contributed by atoms with E-state index in [0.717, 1.165) is 5.39 Å². The Labute approximate surface area is 91.5 Å². The van der Waals surface area contributed by atoms with E-state index in [4.69, 9.17) is 5.11 Å². The molecule has 0 unspecified atom stereocenters. The van der Waals surface area contributed by atoms with Crippen LogP contribution in [-0.4, -0.2) is 17.6 Å². The first-order valence-electron chi connectivity index (χ1n) is 4.81. The first kappa shape index (κ1) is 10.4. The molecule has 0 aliphatic rings. The SMILES string of the molecule is O=C(O)CNc1c(F)ccc2ccccc12. The van der Waals surface area contributed by atoms with Crippen LogP contribution in [0.3, 0.4) is 0 Å². The number of anilines is 1. The van der Waals surface area contributed by atoms with Gasteiger partial charge < -0.3 is 10.4 Å². The van der Waals surface area contributed by atoms with Gasteiger partial charge >= 0.3 is 5.97 Å². The summed E-state index contributed by atoms with van der Waals surface area (Å²) in [5.74, 6) is -1.47. The molecule has 0 bridgehead atoms. The number of benzene rings is 2. The van der Waals surface area contributed by atoms with Crippen LogP contribution in [0.2, 0.25) is 0 Å². The molecule has 0 spiro atoms. The van der Waals surface area contributed by atoms with Gasteiger partial charge in [0.1, 0.15) is 12.4 Å². The van der Waals surface area contributed by atoms with Crippen molar-refractivity contribution < 1.29 is 14.3 Å². The fourth-order valence-electron chi connectivity index (χ4n) is 1.59. The molecular weight excluding hydrogens is 209 g/mol. The predicted octanol–water partition coefficient (Wildman–Crippen LogP) is 2.48. The van der Waals surface area contributed by atoms with E-state index < -0.39 is 11.8 Å². The Morgan fingerprint density at radius 2 is 2.00 bits per heavy atom. The van der Waals surface area contributed by atoms with Crippen LogP contribution in [0.1, 0.15) is 0 Å². The minimum absolute atomic E-state index is 0.237. The highest BCUT2D eigenvalue weighted by Crippen LogP contribution is 2.26. The van der Waals surface area contributed by atoms with Crippen LogP contribution in [0.15, 0.2) is 36.4 Å². The van der Waals surface area contributed by atoms with Crippen LogP contribution in [0.4, 0.5) is 10.1 Å². The van der Waals surface area contributed by atoms with Crippen molar-refractivity contribution in [3.63, 3.8) is 0 Å². The van der Waals surface area contributed by atoms with Crippen LogP contribution in [0, 0.1) is 5.82 Å². The monoisotopic (exact) mass is 219 g/mol. The average Bonchev–Trinajstić information content (AvgIpc) is 2.27. The average molecular weight is 219 g/mol. The number of aliphatic carboxylic acids is 1. The van der Waals surface area contributed by atoms with Crippen molar-refractivity contribution in [2.75, 3.05) is 11.9 Å². The normalized spacial score (nSPS) is 10.3. The van der Waals surface area contributed by atoms with Gasteiger partial charge in [-0.15, -0.1) is 0 Å². The Kier molecular flexibility index (Phi) is 2.72. The highest BCUT2D eigenvalue weighted by Gasteiger charge is 2.07. The molecule has 0 radical (unpaired) electrons. The first-order chi connectivity index (χ1) is 7.68. The zero-order chi connectivity index (χ0) is 11.5. The maximum atomic E-state index is 13.5. The van der Waals surface area contributed by atoms with Crippen LogP contribution in [0.5, 0.6) is 0 Å². The number of carboxylic acid groups (broad SMARTS) is 1. The Hall–Kier alpha value is -2.10. The van der Waals surface area contributed by atoms with E-state index in [2.05, 4.69) is 5.32 Å². The van der Waals surface area contributed by atoms with E-state index in [1.807, 2.05) is 12.1 Å². The number of fused-ring (bicyclic) bond motifs is 1. The maximum Gasteiger partial charge on any atom is 0.322 e. The van der Waals surface area contributed by atoms with Crippen molar-refractivity contribution in [1.82, 2.24) is 0 Å². The second-order valence-electron chi connectivity index (χ2n) is 3.39. The molecule has 82 valence electrons. The molecule has 2 aromatic rings.